The molecule has 14 heavy (non-hydrogen) atoms. The van der Waals surface area contributed by atoms with E-state index in [9.17, 15) is 4.79 Å². The molecule has 0 heterocycles. The first-order valence-electron chi connectivity index (χ1n) is 4.77. The number of hydrogen-bond donors (Lipinski definition) is 0. The summed E-state index contributed by atoms with van der Waals surface area (Å²) in [4.78, 5) is 10.9. The number of rotatable bonds is 8. The van der Waals surface area contributed by atoms with Crippen LogP contribution in [-0.2, 0) is 19.0 Å². The van der Waals surface area contributed by atoms with Gasteiger partial charge in [-0.25, -0.2) is 4.79 Å². The molecule has 0 spiro atoms. The fraction of sp³-hybridized carbons (Fsp3) is 0.700. The zero-order valence-corrected chi connectivity index (χ0v) is 8.82. The molecule has 0 aromatic carbocycles. The van der Waals surface area contributed by atoms with Crippen molar-refractivity contribution < 1.29 is 19.0 Å². The molecule has 0 saturated carbocycles. The highest BCUT2D eigenvalue weighted by Crippen LogP contribution is 1.98. The van der Waals surface area contributed by atoms with Crippen molar-refractivity contribution in [3.8, 4) is 0 Å². The summed E-state index contributed by atoms with van der Waals surface area (Å²) in [5, 5.41) is 0. The summed E-state index contributed by atoms with van der Waals surface area (Å²) in [6.07, 6.45) is 1.40. The van der Waals surface area contributed by atoms with Crippen molar-refractivity contribution in [2.75, 3.05) is 19.8 Å². The first-order chi connectivity index (χ1) is 6.74. The van der Waals surface area contributed by atoms with Crippen LogP contribution >= 0.6 is 0 Å². The molecule has 0 radical (unpaired) electrons. The third-order valence-electron chi connectivity index (χ3n) is 1.37. The van der Waals surface area contributed by atoms with Crippen molar-refractivity contribution in [1.82, 2.24) is 0 Å². The maximum atomic E-state index is 10.9. The summed E-state index contributed by atoms with van der Waals surface area (Å²) in [5.74, 6) is -0.497. The van der Waals surface area contributed by atoms with Gasteiger partial charge in [-0.3, -0.25) is 0 Å². The molecule has 1 atom stereocenters. The second kappa shape index (κ2) is 8.72. The molecule has 0 aliphatic carbocycles. The molecular weight excluding hydrogens is 184 g/mol. The Kier molecular flexibility index (Phi) is 8.17. The van der Waals surface area contributed by atoms with Crippen molar-refractivity contribution in [1.29, 1.82) is 0 Å². The monoisotopic (exact) mass is 202 g/mol. The van der Waals surface area contributed by atoms with Crippen molar-refractivity contribution in [2.45, 2.75) is 26.6 Å². The molecule has 4 heteroatoms. The molecule has 4 nitrogen and oxygen atoms in total. The Balaban J connectivity index is 3.76. The maximum absolute atomic E-state index is 10.9. The van der Waals surface area contributed by atoms with Crippen LogP contribution in [0.2, 0.25) is 0 Å². The van der Waals surface area contributed by atoms with Crippen LogP contribution in [0.3, 0.4) is 0 Å². The van der Waals surface area contributed by atoms with Gasteiger partial charge in [0, 0.05) is 19.3 Å². The van der Waals surface area contributed by atoms with E-state index in [0.717, 1.165) is 12.5 Å². The molecule has 0 N–H and O–H groups in total. The zero-order valence-electron chi connectivity index (χ0n) is 8.82. The third-order valence-corrected chi connectivity index (χ3v) is 1.37. The molecule has 0 bridgehead atoms. The van der Waals surface area contributed by atoms with Crippen molar-refractivity contribution in [2.24, 2.45) is 0 Å². The fourth-order valence-corrected chi connectivity index (χ4v) is 0.804. The minimum Gasteiger partial charge on any atom is -0.430 e. The Labute approximate surface area is 84.8 Å². The molecule has 0 aromatic heterocycles. The molecule has 0 rings (SSSR count). The number of ether oxygens (including phenoxy) is 3. The SMILES string of the molecule is C=CC(=O)OC(COCCC)OCC. The molecule has 82 valence electrons. The molecular formula is C10H18O4. The molecule has 0 aliphatic heterocycles. The molecule has 0 amide bonds. The van der Waals surface area contributed by atoms with E-state index < -0.39 is 12.3 Å². The van der Waals surface area contributed by atoms with Crippen molar-refractivity contribution >= 4 is 5.97 Å². The summed E-state index contributed by atoms with van der Waals surface area (Å²) >= 11 is 0. The average molecular weight is 202 g/mol. The number of esters is 1. The van der Waals surface area contributed by atoms with Crippen molar-refractivity contribution in [3.63, 3.8) is 0 Å². The predicted molar refractivity (Wildman–Crippen MR) is 52.8 cm³/mol. The van der Waals surface area contributed by atoms with Gasteiger partial charge < -0.3 is 14.2 Å². The lowest BCUT2D eigenvalue weighted by molar-refractivity contribution is -0.184. The predicted octanol–water partition coefficient (Wildman–Crippen LogP) is 1.50. The van der Waals surface area contributed by atoms with Gasteiger partial charge in [0.15, 0.2) is 0 Å². The van der Waals surface area contributed by atoms with Crippen LogP contribution < -0.4 is 0 Å². The lowest BCUT2D eigenvalue weighted by Gasteiger charge is -2.16. The molecule has 1 unspecified atom stereocenters. The first-order valence-corrected chi connectivity index (χ1v) is 4.77. The van der Waals surface area contributed by atoms with Gasteiger partial charge >= 0.3 is 5.97 Å². The molecule has 0 fully saturated rings. The Morgan fingerprint density at radius 2 is 2.21 bits per heavy atom. The van der Waals surface area contributed by atoms with E-state index in [0.29, 0.717) is 13.2 Å². The maximum Gasteiger partial charge on any atom is 0.332 e. The summed E-state index contributed by atoms with van der Waals surface area (Å²) in [7, 11) is 0. The average Bonchev–Trinajstić information content (AvgIpc) is 2.18. The van der Waals surface area contributed by atoms with Gasteiger partial charge in [0.05, 0.1) is 0 Å². The van der Waals surface area contributed by atoms with Crippen LogP contribution in [0.15, 0.2) is 12.7 Å². The Hall–Kier alpha value is -0.870. The summed E-state index contributed by atoms with van der Waals surface area (Å²) in [5.41, 5.74) is 0. The van der Waals surface area contributed by atoms with E-state index >= 15 is 0 Å². The highest BCUT2D eigenvalue weighted by Gasteiger charge is 2.11. The molecule has 0 aliphatic rings. The Bertz CT molecular complexity index is 168. The van der Waals surface area contributed by atoms with Gasteiger partial charge in [0.2, 0.25) is 6.29 Å². The number of hydrogen-bond acceptors (Lipinski definition) is 4. The summed E-state index contributed by atoms with van der Waals surface area (Å²) in [6.45, 7) is 8.51. The van der Waals surface area contributed by atoms with Crippen LogP contribution in [0, 0.1) is 0 Å². The van der Waals surface area contributed by atoms with Gasteiger partial charge in [-0.1, -0.05) is 13.5 Å². The van der Waals surface area contributed by atoms with Crippen LogP contribution in [0.5, 0.6) is 0 Å². The Morgan fingerprint density at radius 1 is 1.50 bits per heavy atom. The largest absolute Gasteiger partial charge is 0.430 e. The Morgan fingerprint density at radius 3 is 2.71 bits per heavy atom. The van der Waals surface area contributed by atoms with Crippen LogP contribution in [0.1, 0.15) is 20.3 Å². The van der Waals surface area contributed by atoms with Crippen LogP contribution in [0.25, 0.3) is 0 Å². The van der Waals surface area contributed by atoms with Gasteiger partial charge in [-0.2, -0.15) is 0 Å². The third kappa shape index (κ3) is 6.62. The highest BCUT2D eigenvalue weighted by molar-refractivity contribution is 5.81. The van der Waals surface area contributed by atoms with Gasteiger partial charge in [0.1, 0.15) is 6.61 Å². The minimum absolute atomic E-state index is 0.265. The smallest absolute Gasteiger partial charge is 0.332 e. The number of carbonyl (C=O) groups excluding carboxylic acids is 1. The lowest BCUT2D eigenvalue weighted by Crippen LogP contribution is -2.26. The zero-order chi connectivity index (χ0) is 10.8. The summed E-state index contributed by atoms with van der Waals surface area (Å²) < 4.78 is 15.2. The van der Waals surface area contributed by atoms with E-state index in [4.69, 9.17) is 14.2 Å². The lowest BCUT2D eigenvalue weighted by atomic mass is 10.5. The van der Waals surface area contributed by atoms with E-state index in [1.165, 1.54) is 0 Å². The fourth-order valence-electron chi connectivity index (χ4n) is 0.804. The minimum atomic E-state index is -0.628. The summed E-state index contributed by atoms with van der Waals surface area (Å²) in [6, 6.07) is 0. The first kappa shape index (κ1) is 13.1. The van der Waals surface area contributed by atoms with E-state index in [1.807, 2.05) is 13.8 Å². The molecule has 0 aromatic rings. The second-order valence-corrected chi connectivity index (χ2v) is 2.60. The van der Waals surface area contributed by atoms with E-state index in [-0.39, 0.29) is 6.61 Å². The van der Waals surface area contributed by atoms with Crippen LogP contribution in [-0.4, -0.2) is 32.1 Å². The van der Waals surface area contributed by atoms with E-state index in [2.05, 4.69) is 6.58 Å². The van der Waals surface area contributed by atoms with Gasteiger partial charge in [0.25, 0.3) is 0 Å². The quantitative estimate of drug-likeness (QED) is 0.259. The standard InChI is InChI=1S/C10H18O4/c1-4-7-12-8-10(13-6-3)14-9(11)5-2/h5,10H,2,4,6-8H2,1,3H3. The van der Waals surface area contributed by atoms with Crippen LogP contribution in [0.4, 0.5) is 0 Å². The van der Waals surface area contributed by atoms with Gasteiger partial charge in [-0.05, 0) is 13.3 Å². The topological polar surface area (TPSA) is 44.8 Å². The second-order valence-electron chi connectivity index (χ2n) is 2.60. The van der Waals surface area contributed by atoms with Gasteiger partial charge in [-0.15, -0.1) is 0 Å². The number of carbonyl (C=O) groups is 1. The normalized spacial score (nSPS) is 12.1. The van der Waals surface area contributed by atoms with E-state index in [1.54, 1.807) is 0 Å². The van der Waals surface area contributed by atoms with Crippen molar-refractivity contribution in [3.05, 3.63) is 12.7 Å². The highest BCUT2D eigenvalue weighted by atomic mass is 16.7. The molecule has 0 saturated heterocycles.